The fraction of sp³-hybridized carbons (Fsp3) is 0.727. The predicted molar refractivity (Wildman–Crippen MR) is 110 cm³/mol. The second kappa shape index (κ2) is 9.26. The smallest absolute Gasteiger partial charge is 0.120 e. The lowest BCUT2D eigenvalue weighted by Gasteiger charge is -2.44. The summed E-state index contributed by atoms with van der Waals surface area (Å²) in [6.07, 6.45) is 6.96. The van der Waals surface area contributed by atoms with E-state index in [1.807, 2.05) is 6.07 Å². The van der Waals surface area contributed by atoms with Crippen molar-refractivity contribution in [2.24, 2.45) is 0 Å². The molecule has 0 aromatic heterocycles. The van der Waals surface area contributed by atoms with Crippen LogP contribution < -0.4 is 9.64 Å². The van der Waals surface area contributed by atoms with Crippen LogP contribution in [0.5, 0.6) is 5.75 Å². The molecule has 5 nitrogen and oxygen atoms in total. The SMILES string of the molecule is COc1cccc(N2CCN(C3CCN(CC4CCCCO4)CC3)CC2)c1. The fourth-order valence-corrected chi connectivity index (χ4v) is 4.86. The molecule has 3 aliphatic rings. The van der Waals surface area contributed by atoms with Crippen LogP contribution in [0.2, 0.25) is 0 Å². The second-order valence-corrected chi connectivity index (χ2v) is 8.24. The van der Waals surface area contributed by atoms with Crippen LogP contribution in [-0.4, -0.2) is 81.5 Å². The first-order valence-corrected chi connectivity index (χ1v) is 10.8. The lowest BCUT2D eigenvalue weighted by molar-refractivity contribution is -0.0141. The van der Waals surface area contributed by atoms with Gasteiger partial charge in [0, 0.05) is 57.1 Å². The summed E-state index contributed by atoms with van der Waals surface area (Å²) in [5.74, 6) is 0.948. The van der Waals surface area contributed by atoms with Crippen LogP contribution in [0.3, 0.4) is 0 Å². The van der Waals surface area contributed by atoms with E-state index in [-0.39, 0.29) is 0 Å². The third-order valence-electron chi connectivity index (χ3n) is 6.54. The number of benzene rings is 1. The van der Waals surface area contributed by atoms with Crippen LogP contribution in [0.1, 0.15) is 32.1 Å². The van der Waals surface area contributed by atoms with E-state index < -0.39 is 0 Å². The van der Waals surface area contributed by atoms with Gasteiger partial charge in [-0.05, 0) is 57.3 Å². The zero-order valence-corrected chi connectivity index (χ0v) is 16.8. The number of piperazine rings is 1. The largest absolute Gasteiger partial charge is 0.497 e. The molecule has 1 aromatic rings. The maximum Gasteiger partial charge on any atom is 0.120 e. The summed E-state index contributed by atoms with van der Waals surface area (Å²) < 4.78 is 11.3. The van der Waals surface area contributed by atoms with Gasteiger partial charge in [-0.3, -0.25) is 4.90 Å². The molecular weight excluding hydrogens is 338 g/mol. The van der Waals surface area contributed by atoms with E-state index in [9.17, 15) is 0 Å². The van der Waals surface area contributed by atoms with Crippen molar-refractivity contribution in [3.8, 4) is 5.75 Å². The van der Waals surface area contributed by atoms with Gasteiger partial charge < -0.3 is 19.3 Å². The third kappa shape index (κ3) is 4.95. The zero-order valence-electron chi connectivity index (χ0n) is 16.8. The van der Waals surface area contributed by atoms with E-state index in [1.165, 1.54) is 64.0 Å². The van der Waals surface area contributed by atoms with Gasteiger partial charge in [-0.2, -0.15) is 0 Å². The Bertz CT molecular complexity index is 575. The number of ether oxygens (including phenoxy) is 2. The first-order valence-electron chi connectivity index (χ1n) is 10.8. The molecular formula is C22H35N3O2. The molecule has 3 aliphatic heterocycles. The molecule has 0 saturated carbocycles. The van der Waals surface area contributed by atoms with Gasteiger partial charge in [-0.25, -0.2) is 0 Å². The normalized spacial score (nSPS) is 26.3. The number of methoxy groups -OCH3 is 1. The summed E-state index contributed by atoms with van der Waals surface area (Å²) in [4.78, 5) is 7.86. The summed E-state index contributed by atoms with van der Waals surface area (Å²) in [5.41, 5.74) is 1.29. The maximum absolute atomic E-state index is 5.93. The van der Waals surface area contributed by atoms with E-state index >= 15 is 0 Å². The number of nitrogens with zero attached hydrogens (tertiary/aromatic N) is 3. The minimum atomic E-state index is 0.488. The molecule has 3 heterocycles. The van der Waals surface area contributed by atoms with Crippen molar-refractivity contribution in [2.75, 3.05) is 64.4 Å². The van der Waals surface area contributed by atoms with Crippen LogP contribution in [0.15, 0.2) is 24.3 Å². The van der Waals surface area contributed by atoms with E-state index in [0.29, 0.717) is 6.10 Å². The van der Waals surface area contributed by atoms with E-state index in [4.69, 9.17) is 9.47 Å². The molecule has 0 bridgehead atoms. The van der Waals surface area contributed by atoms with Gasteiger partial charge in [0.2, 0.25) is 0 Å². The fourth-order valence-electron chi connectivity index (χ4n) is 4.86. The van der Waals surface area contributed by atoms with Crippen LogP contribution in [0.4, 0.5) is 5.69 Å². The van der Waals surface area contributed by atoms with Gasteiger partial charge in [0.25, 0.3) is 0 Å². The molecule has 150 valence electrons. The van der Waals surface area contributed by atoms with E-state index in [0.717, 1.165) is 38.0 Å². The van der Waals surface area contributed by atoms with Gasteiger partial charge >= 0.3 is 0 Å². The topological polar surface area (TPSA) is 28.2 Å². The Hall–Kier alpha value is -1.30. The Kier molecular flexibility index (Phi) is 6.53. The van der Waals surface area contributed by atoms with Crippen molar-refractivity contribution in [2.45, 2.75) is 44.2 Å². The average Bonchev–Trinajstić information content (AvgIpc) is 2.75. The molecule has 1 atom stereocenters. The summed E-state index contributed by atoms with van der Waals surface area (Å²) in [5, 5.41) is 0. The van der Waals surface area contributed by atoms with Crippen LogP contribution in [0, 0.1) is 0 Å². The minimum absolute atomic E-state index is 0.488. The third-order valence-corrected chi connectivity index (χ3v) is 6.54. The summed E-state index contributed by atoms with van der Waals surface area (Å²) >= 11 is 0. The highest BCUT2D eigenvalue weighted by Gasteiger charge is 2.28. The Labute approximate surface area is 164 Å². The van der Waals surface area contributed by atoms with Crippen molar-refractivity contribution >= 4 is 5.69 Å². The molecule has 0 aliphatic carbocycles. The Morgan fingerprint density at radius 3 is 2.52 bits per heavy atom. The van der Waals surface area contributed by atoms with E-state index in [1.54, 1.807) is 7.11 Å². The van der Waals surface area contributed by atoms with Crippen molar-refractivity contribution in [3.05, 3.63) is 24.3 Å². The van der Waals surface area contributed by atoms with Crippen molar-refractivity contribution < 1.29 is 9.47 Å². The highest BCUT2D eigenvalue weighted by Crippen LogP contribution is 2.25. The minimum Gasteiger partial charge on any atom is -0.497 e. The standard InChI is InChI=1S/C22H35N3O2/c1-26-21-7-4-5-20(17-21)25-14-12-24(13-15-25)19-8-10-23(11-9-19)18-22-6-2-3-16-27-22/h4-5,7,17,19,22H,2-3,6,8-16,18H2,1H3. The van der Waals surface area contributed by atoms with Gasteiger partial charge in [0.1, 0.15) is 5.75 Å². The molecule has 3 fully saturated rings. The first kappa shape index (κ1) is 19.0. The molecule has 4 rings (SSSR count). The molecule has 27 heavy (non-hydrogen) atoms. The quantitative estimate of drug-likeness (QED) is 0.791. The lowest BCUT2D eigenvalue weighted by atomic mass is 10.0. The summed E-state index contributed by atoms with van der Waals surface area (Å²) in [6, 6.07) is 9.23. The number of likely N-dealkylation sites (tertiary alicyclic amines) is 1. The Morgan fingerprint density at radius 2 is 1.81 bits per heavy atom. The number of hydrogen-bond donors (Lipinski definition) is 0. The highest BCUT2D eigenvalue weighted by molar-refractivity contribution is 5.51. The van der Waals surface area contributed by atoms with Crippen molar-refractivity contribution in [1.82, 2.24) is 9.80 Å². The molecule has 3 saturated heterocycles. The molecule has 5 heteroatoms. The molecule has 0 N–H and O–H groups in total. The van der Waals surface area contributed by atoms with Gasteiger partial charge in [-0.1, -0.05) is 6.07 Å². The number of hydrogen-bond acceptors (Lipinski definition) is 5. The van der Waals surface area contributed by atoms with Crippen LogP contribution in [-0.2, 0) is 4.74 Å². The van der Waals surface area contributed by atoms with Crippen LogP contribution >= 0.6 is 0 Å². The summed E-state index contributed by atoms with van der Waals surface area (Å²) in [6.45, 7) is 9.17. The number of anilines is 1. The number of piperidine rings is 1. The van der Waals surface area contributed by atoms with E-state index in [2.05, 4.69) is 32.9 Å². The summed E-state index contributed by atoms with van der Waals surface area (Å²) in [7, 11) is 1.74. The molecule has 1 aromatic carbocycles. The first-order chi connectivity index (χ1) is 13.3. The van der Waals surface area contributed by atoms with Gasteiger partial charge in [0.15, 0.2) is 0 Å². The zero-order chi connectivity index (χ0) is 18.5. The van der Waals surface area contributed by atoms with Crippen LogP contribution in [0.25, 0.3) is 0 Å². The molecule has 0 spiro atoms. The lowest BCUT2D eigenvalue weighted by Crippen LogP contribution is -2.53. The predicted octanol–water partition coefficient (Wildman–Crippen LogP) is 2.85. The van der Waals surface area contributed by atoms with Gasteiger partial charge in [0.05, 0.1) is 13.2 Å². The Balaban J connectivity index is 1.21. The number of rotatable bonds is 5. The van der Waals surface area contributed by atoms with Crippen molar-refractivity contribution in [1.29, 1.82) is 0 Å². The molecule has 0 amide bonds. The van der Waals surface area contributed by atoms with Crippen molar-refractivity contribution in [3.63, 3.8) is 0 Å². The maximum atomic E-state index is 5.93. The van der Waals surface area contributed by atoms with Gasteiger partial charge in [-0.15, -0.1) is 0 Å². The molecule has 0 radical (unpaired) electrons. The monoisotopic (exact) mass is 373 g/mol. The molecule has 1 unspecified atom stereocenters. The Morgan fingerprint density at radius 1 is 1.00 bits per heavy atom. The average molecular weight is 374 g/mol. The highest BCUT2D eigenvalue weighted by atomic mass is 16.5. The second-order valence-electron chi connectivity index (χ2n) is 8.24.